The average molecular weight is 575 g/mol. The van der Waals surface area contributed by atoms with Gasteiger partial charge in [0.05, 0.1) is 44.1 Å². The lowest BCUT2D eigenvalue weighted by atomic mass is 9.96. The highest BCUT2D eigenvalue weighted by Gasteiger charge is 2.40. The molecule has 0 spiro atoms. The molecule has 0 saturated carbocycles. The van der Waals surface area contributed by atoms with E-state index in [-0.39, 0.29) is 36.5 Å². The van der Waals surface area contributed by atoms with E-state index in [1.165, 1.54) is 6.26 Å². The van der Waals surface area contributed by atoms with Crippen molar-refractivity contribution in [2.24, 2.45) is 0 Å². The van der Waals surface area contributed by atoms with E-state index in [1.54, 1.807) is 35.2 Å². The minimum Gasteiger partial charge on any atom is -0.331 e. The molecule has 2 aromatic carbocycles. The molecular weight excluding hydrogens is 545 g/mol. The van der Waals surface area contributed by atoms with Crippen LogP contribution in [0.2, 0.25) is 10.0 Å². The second-order valence-corrected chi connectivity index (χ2v) is 13.2. The molecule has 38 heavy (non-hydrogen) atoms. The lowest BCUT2D eigenvalue weighted by Crippen LogP contribution is -2.45. The van der Waals surface area contributed by atoms with E-state index in [0.29, 0.717) is 39.2 Å². The zero-order valence-electron chi connectivity index (χ0n) is 21.6. The molecule has 2 unspecified atom stereocenters. The molecule has 4 atom stereocenters. The summed E-state index contributed by atoms with van der Waals surface area (Å²) in [6, 6.07) is 11.5. The van der Waals surface area contributed by atoms with Crippen LogP contribution < -0.4 is 0 Å². The zero-order valence-corrected chi connectivity index (χ0v) is 23.9. The Bertz CT molecular complexity index is 1550. The fourth-order valence-electron chi connectivity index (χ4n) is 5.28. The number of nitrogens with zero attached hydrogens (tertiary/aromatic N) is 4. The lowest BCUT2D eigenvalue weighted by Gasteiger charge is -2.37. The number of carbonyl (C=O) groups excluding carboxylic acids is 2. The highest BCUT2D eigenvalue weighted by molar-refractivity contribution is 7.91. The van der Waals surface area contributed by atoms with Crippen LogP contribution in [0.4, 0.5) is 0 Å². The Hall–Kier alpha value is -2.88. The van der Waals surface area contributed by atoms with E-state index in [1.807, 2.05) is 42.5 Å². The molecule has 2 aliphatic heterocycles. The molecule has 11 heteroatoms. The SMILES string of the molecule is CC(c1ccc(S(C)(=N)=O)cc1)N1C[C@@H](C)n2nc3c(c2C1=O)CN(C(=O)c1ccc(Cl)c(Cl)c1)[C@H](C)C3. The minimum absolute atomic E-state index is 0.0489. The van der Waals surface area contributed by atoms with Gasteiger partial charge in [0.15, 0.2) is 0 Å². The third-order valence-corrected chi connectivity index (χ3v) is 9.40. The number of carbonyl (C=O) groups is 2. The Labute approximate surface area is 232 Å². The Morgan fingerprint density at radius 3 is 2.42 bits per heavy atom. The van der Waals surface area contributed by atoms with Gasteiger partial charge in [-0.2, -0.15) is 5.10 Å². The molecule has 0 fully saturated rings. The average Bonchev–Trinajstić information content (AvgIpc) is 3.25. The number of hydrogen-bond acceptors (Lipinski definition) is 5. The fraction of sp³-hybridized carbons (Fsp3) is 0.370. The first-order valence-electron chi connectivity index (χ1n) is 12.4. The van der Waals surface area contributed by atoms with Gasteiger partial charge in [-0.25, -0.2) is 8.99 Å². The highest BCUT2D eigenvalue weighted by Crippen LogP contribution is 2.35. The van der Waals surface area contributed by atoms with Crippen molar-refractivity contribution in [3.63, 3.8) is 0 Å². The number of benzene rings is 2. The molecule has 0 saturated heterocycles. The molecule has 2 aliphatic rings. The van der Waals surface area contributed by atoms with Gasteiger partial charge in [0.1, 0.15) is 5.69 Å². The van der Waals surface area contributed by atoms with Gasteiger partial charge >= 0.3 is 0 Å². The topological polar surface area (TPSA) is 99.4 Å². The number of rotatable bonds is 4. The van der Waals surface area contributed by atoms with Gasteiger partial charge in [0.25, 0.3) is 11.8 Å². The molecule has 3 aromatic rings. The summed E-state index contributed by atoms with van der Waals surface area (Å²) in [6.45, 7) is 6.73. The van der Waals surface area contributed by atoms with Crippen molar-refractivity contribution in [2.45, 2.75) is 56.8 Å². The number of fused-ring (bicyclic) bond motifs is 3. The van der Waals surface area contributed by atoms with Crippen molar-refractivity contribution in [1.29, 1.82) is 4.78 Å². The van der Waals surface area contributed by atoms with Crippen molar-refractivity contribution in [2.75, 3.05) is 12.8 Å². The van der Waals surface area contributed by atoms with Gasteiger partial charge in [0.2, 0.25) is 0 Å². The molecule has 0 aliphatic carbocycles. The van der Waals surface area contributed by atoms with E-state index in [0.717, 1.165) is 16.8 Å². The second kappa shape index (κ2) is 9.70. The van der Waals surface area contributed by atoms with Crippen LogP contribution in [0.3, 0.4) is 0 Å². The standard InChI is InChI=1S/C27H29Cl2N5O3S/c1-15-11-24-21(14-32(15)26(35)19-7-10-22(28)23(29)12-19)25-27(36)33(13-16(2)34(25)31-24)17(3)18-5-8-20(9-6-18)38(4,30)37/h5-10,12,15-17,30H,11,13-14H2,1-4H3/t15-,16-,17?,38?/m1/s1. The van der Waals surface area contributed by atoms with Crippen molar-refractivity contribution in [1.82, 2.24) is 19.6 Å². The smallest absolute Gasteiger partial charge is 0.273 e. The van der Waals surface area contributed by atoms with Crippen LogP contribution in [-0.4, -0.2) is 54.4 Å². The van der Waals surface area contributed by atoms with Crippen LogP contribution in [0.25, 0.3) is 0 Å². The zero-order chi connectivity index (χ0) is 27.5. The van der Waals surface area contributed by atoms with Crippen molar-refractivity contribution in [3.05, 3.63) is 80.6 Å². The first-order chi connectivity index (χ1) is 17.9. The third-order valence-electron chi connectivity index (χ3n) is 7.49. The van der Waals surface area contributed by atoms with Crippen LogP contribution in [0, 0.1) is 4.78 Å². The van der Waals surface area contributed by atoms with E-state index < -0.39 is 9.73 Å². The van der Waals surface area contributed by atoms with Crippen LogP contribution in [0.5, 0.6) is 0 Å². The summed E-state index contributed by atoms with van der Waals surface area (Å²) >= 11 is 12.2. The van der Waals surface area contributed by atoms with Crippen LogP contribution >= 0.6 is 23.2 Å². The minimum atomic E-state index is -2.81. The summed E-state index contributed by atoms with van der Waals surface area (Å²) in [4.78, 5) is 31.4. The maximum Gasteiger partial charge on any atom is 0.273 e. The summed E-state index contributed by atoms with van der Waals surface area (Å²) in [6.07, 6.45) is 1.94. The van der Waals surface area contributed by atoms with E-state index in [2.05, 4.69) is 0 Å². The molecule has 1 aromatic heterocycles. The molecule has 8 nitrogen and oxygen atoms in total. The summed E-state index contributed by atoms with van der Waals surface area (Å²) in [5, 5.41) is 5.51. The summed E-state index contributed by atoms with van der Waals surface area (Å²) < 4.78 is 21.7. The largest absolute Gasteiger partial charge is 0.331 e. The number of halogens is 2. The molecule has 0 radical (unpaired) electrons. The van der Waals surface area contributed by atoms with Crippen molar-refractivity contribution in [3.8, 4) is 0 Å². The monoisotopic (exact) mass is 573 g/mol. The molecule has 2 amide bonds. The highest BCUT2D eigenvalue weighted by atomic mass is 35.5. The van der Waals surface area contributed by atoms with Crippen LogP contribution in [-0.2, 0) is 22.7 Å². The van der Waals surface area contributed by atoms with Crippen LogP contribution in [0.15, 0.2) is 47.4 Å². The molecule has 3 heterocycles. The van der Waals surface area contributed by atoms with Gasteiger partial charge in [0, 0.05) is 41.3 Å². The first kappa shape index (κ1) is 26.7. The van der Waals surface area contributed by atoms with E-state index in [9.17, 15) is 13.8 Å². The Kier molecular flexibility index (Phi) is 6.82. The molecule has 200 valence electrons. The van der Waals surface area contributed by atoms with Gasteiger partial charge in [-0.3, -0.25) is 14.3 Å². The van der Waals surface area contributed by atoms with Crippen molar-refractivity contribution < 1.29 is 13.8 Å². The molecule has 0 bridgehead atoms. The molecule has 5 rings (SSSR count). The number of aromatic nitrogens is 2. The van der Waals surface area contributed by atoms with Gasteiger partial charge in [-0.1, -0.05) is 35.3 Å². The maximum atomic E-state index is 13.9. The van der Waals surface area contributed by atoms with E-state index >= 15 is 0 Å². The number of amides is 2. The Morgan fingerprint density at radius 1 is 1.11 bits per heavy atom. The Balaban J connectivity index is 1.46. The fourth-order valence-corrected chi connectivity index (χ4v) is 6.23. The second-order valence-electron chi connectivity index (χ2n) is 10.2. The predicted octanol–water partition coefficient (Wildman–Crippen LogP) is 5.59. The molecule has 1 N–H and O–H groups in total. The van der Waals surface area contributed by atoms with Crippen molar-refractivity contribution >= 4 is 44.7 Å². The number of hydrogen-bond donors (Lipinski definition) is 1. The quantitative estimate of drug-likeness (QED) is 0.439. The van der Waals surface area contributed by atoms with Gasteiger partial charge < -0.3 is 9.80 Å². The summed E-state index contributed by atoms with van der Waals surface area (Å²) in [5.41, 5.74) is 3.48. The lowest BCUT2D eigenvalue weighted by molar-refractivity contribution is 0.0574. The Morgan fingerprint density at radius 2 is 1.79 bits per heavy atom. The first-order valence-corrected chi connectivity index (χ1v) is 15.1. The van der Waals surface area contributed by atoms with Gasteiger partial charge in [-0.05, 0) is 56.7 Å². The summed E-state index contributed by atoms with van der Waals surface area (Å²) in [7, 11) is -2.81. The third kappa shape index (κ3) is 4.61. The van der Waals surface area contributed by atoms with Crippen LogP contribution in [0.1, 0.15) is 70.5 Å². The van der Waals surface area contributed by atoms with E-state index in [4.69, 9.17) is 33.1 Å². The normalized spacial score (nSPS) is 21.5. The number of nitrogens with one attached hydrogen (secondary N) is 1. The summed E-state index contributed by atoms with van der Waals surface area (Å²) in [5.74, 6) is -0.310. The van der Waals surface area contributed by atoms with Gasteiger partial charge in [-0.15, -0.1) is 0 Å². The molecular formula is C27H29Cl2N5O3S. The predicted molar refractivity (Wildman–Crippen MR) is 147 cm³/mol. The maximum absolute atomic E-state index is 13.9.